The van der Waals surface area contributed by atoms with Gasteiger partial charge in [-0.15, -0.1) is 0 Å². The molecule has 0 aliphatic heterocycles. The first kappa shape index (κ1) is 12.6. The minimum Gasteiger partial charge on any atom is -0.497 e. The number of methoxy groups -OCH3 is 1. The van der Waals surface area contributed by atoms with E-state index >= 15 is 0 Å². The van der Waals surface area contributed by atoms with Crippen molar-refractivity contribution in [2.75, 3.05) is 7.11 Å². The lowest BCUT2D eigenvalue weighted by molar-refractivity contribution is 0.177. The summed E-state index contributed by atoms with van der Waals surface area (Å²) in [5.74, 6) is 0.753. The predicted molar refractivity (Wildman–Crippen MR) is 70.6 cm³/mol. The SMILES string of the molecule is COc1cccc(C(O)Cc2cc(C)ccn2)c1. The van der Waals surface area contributed by atoms with Crippen molar-refractivity contribution < 1.29 is 9.84 Å². The molecule has 0 aliphatic rings. The number of ether oxygens (including phenoxy) is 1. The summed E-state index contributed by atoms with van der Waals surface area (Å²) >= 11 is 0. The zero-order chi connectivity index (χ0) is 13.0. The minimum absolute atomic E-state index is 0.509. The highest BCUT2D eigenvalue weighted by Crippen LogP contribution is 2.21. The molecule has 2 aromatic rings. The molecule has 0 saturated heterocycles. The zero-order valence-electron chi connectivity index (χ0n) is 10.6. The summed E-state index contributed by atoms with van der Waals surface area (Å²) in [5, 5.41) is 10.2. The molecule has 0 aliphatic carbocycles. The molecule has 0 amide bonds. The standard InChI is InChI=1S/C15H17NO2/c1-11-6-7-16-13(8-11)10-15(17)12-4-3-5-14(9-12)18-2/h3-9,15,17H,10H2,1-2H3. The summed E-state index contributed by atoms with van der Waals surface area (Å²) in [4.78, 5) is 4.26. The second-order valence-electron chi connectivity index (χ2n) is 4.32. The highest BCUT2D eigenvalue weighted by atomic mass is 16.5. The van der Waals surface area contributed by atoms with Gasteiger partial charge >= 0.3 is 0 Å². The maximum atomic E-state index is 10.2. The van der Waals surface area contributed by atoms with Crippen LogP contribution in [0.2, 0.25) is 0 Å². The van der Waals surface area contributed by atoms with E-state index in [4.69, 9.17) is 4.74 Å². The van der Waals surface area contributed by atoms with Gasteiger partial charge < -0.3 is 9.84 Å². The number of aliphatic hydroxyl groups excluding tert-OH is 1. The molecule has 0 radical (unpaired) electrons. The Kier molecular flexibility index (Phi) is 3.95. The van der Waals surface area contributed by atoms with E-state index < -0.39 is 6.10 Å². The number of benzene rings is 1. The van der Waals surface area contributed by atoms with E-state index in [-0.39, 0.29) is 0 Å². The van der Waals surface area contributed by atoms with Crippen molar-refractivity contribution in [1.82, 2.24) is 4.98 Å². The smallest absolute Gasteiger partial charge is 0.119 e. The fourth-order valence-corrected chi connectivity index (χ4v) is 1.88. The van der Waals surface area contributed by atoms with E-state index in [9.17, 15) is 5.11 Å². The van der Waals surface area contributed by atoms with E-state index in [1.807, 2.05) is 43.3 Å². The lowest BCUT2D eigenvalue weighted by Crippen LogP contribution is -2.03. The summed E-state index contributed by atoms with van der Waals surface area (Å²) in [6, 6.07) is 11.4. The van der Waals surface area contributed by atoms with Crippen molar-refractivity contribution >= 4 is 0 Å². The fraction of sp³-hybridized carbons (Fsp3) is 0.267. The Morgan fingerprint density at radius 1 is 1.28 bits per heavy atom. The summed E-state index contributed by atoms with van der Waals surface area (Å²) in [6.07, 6.45) is 1.71. The second-order valence-corrected chi connectivity index (χ2v) is 4.32. The maximum Gasteiger partial charge on any atom is 0.119 e. The Morgan fingerprint density at radius 2 is 2.11 bits per heavy atom. The van der Waals surface area contributed by atoms with E-state index in [2.05, 4.69) is 4.98 Å². The normalized spacial score (nSPS) is 12.2. The number of aromatic nitrogens is 1. The quantitative estimate of drug-likeness (QED) is 0.897. The molecule has 1 heterocycles. The topological polar surface area (TPSA) is 42.4 Å². The van der Waals surface area contributed by atoms with Gasteiger partial charge in [0.1, 0.15) is 5.75 Å². The van der Waals surface area contributed by atoms with E-state index in [0.717, 1.165) is 22.6 Å². The van der Waals surface area contributed by atoms with Crippen LogP contribution in [0.15, 0.2) is 42.6 Å². The van der Waals surface area contributed by atoms with Crippen LogP contribution >= 0.6 is 0 Å². The van der Waals surface area contributed by atoms with Gasteiger partial charge in [0.15, 0.2) is 0 Å². The molecule has 1 N–H and O–H groups in total. The minimum atomic E-state index is -0.561. The molecule has 18 heavy (non-hydrogen) atoms. The summed E-state index contributed by atoms with van der Waals surface area (Å²) in [6.45, 7) is 2.02. The molecule has 0 fully saturated rings. The molecule has 2 rings (SSSR count). The zero-order valence-corrected chi connectivity index (χ0v) is 10.6. The molecule has 3 heteroatoms. The van der Waals surface area contributed by atoms with Crippen molar-refractivity contribution in [1.29, 1.82) is 0 Å². The summed E-state index contributed by atoms with van der Waals surface area (Å²) < 4.78 is 5.15. The second kappa shape index (κ2) is 5.65. The highest BCUT2D eigenvalue weighted by Gasteiger charge is 2.10. The average molecular weight is 243 g/mol. The molecule has 1 aromatic carbocycles. The van der Waals surface area contributed by atoms with Crippen LogP contribution < -0.4 is 4.74 Å². The van der Waals surface area contributed by atoms with Gasteiger partial charge in [0.25, 0.3) is 0 Å². The molecular formula is C15H17NO2. The molecule has 94 valence electrons. The van der Waals surface area contributed by atoms with Crippen molar-refractivity contribution in [2.45, 2.75) is 19.4 Å². The van der Waals surface area contributed by atoms with Crippen molar-refractivity contribution in [3.63, 3.8) is 0 Å². The van der Waals surface area contributed by atoms with Gasteiger partial charge in [0.05, 0.1) is 13.2 Å². The number of aliphatic hydroxyl groups is 1. The number of hydrogen-bond acceptors (Lipinski definition) is 3. The molecule has 0 saturated carbocycles. The van der Waals surface area contributed by atoms with Gasteiger partial charge in [-0.3, -0.25) is 4.98 Å². The summed E-state index contributed by atoms with van der Waals surface area (Å²) in [5.41, 5.74) is 2.89. The van der Waals surface area contributed by atoms with Crippen LogP contribution in [-0.4, -0.2) is 17.2 Å². The van der Waals surface area contributed by atoms with Crippen molar-refractivity contribution in [3.8, 4) is 5.75 Å². The third-order valence-corrected chi connectivity index (χ3v) is 2.85. The van der Waals surface area contributed by atoms with E-state index in [1.165, 1.54) is 0 Å². The van der Waals surface area contributed by atoms with Crippen LogP contribution in [0.5, 0.6) is 5.75 Å². The van der Waals surface area contributed by atoms with E-state index in [0.29, 0.717) is 6.42 Å². The van der Waals surface area contributed by atoms with Gasteiger partial charge in [-0.05, 0) is 42.3 Å². The summed E-state index contributed by atoms with van der Waals surface area (Å²) in [7, 11) is 1.62. The Labute approximate surface area is 107 Å². The third kappa shape index (κ3) is 3.08. The van der Waals surface area contributed by atoms with Crippen LogP contribution in [0.1, 0.15) is 22.9 Å². The Balaban J connectivity index is 2.13. The predicted octanol–water partition coefficient (Wildman–Crippen LogP) is 2.67. The Morgan fingerprint density at radius 3 is 2.83 bits per heavy atom. The van der Waals surface area contributed by atoms with Gasteiger partial charge in [-0.25, -0.2) is 0 Å². The first-order valence-electron chi connectivity index (χ1n) is 5.92. The molecule has 1 atom stereocenters. The lowest BCUT2D eigenvalue weighted by atomic mass is 10.0. The van der Waals surface area contributed by atoms with Crippen LogP contribution in [0.25, 0.3) is 0 Å². The Hall–Kier alpha value is -1.87. The first-order valence-corrected chi connectivity index (χ1v) is 5.92. The van der Waals surface area contributed by atoms with Gasteiger partial charge in [0, 0.05) is 18.3 Å². The van der Waals surface area contributed by atoms with Gasteiger partial charge in [-0.1, -0.05) is 12.1 Å². The molecule has 0 bridgehead atoms. The Bertz CT molecular complexity index is 525. The number of pyridine rings is 1. The van der Waals surface area contributed by atoms with Gasteiger partial charge in [0.2, 0.25) is 0 Å². The van der Waals surface area contributed by atoms with Crippen LogP contribution in [0, 0.1) is 6.92 Å². The third-order valence-electron chi connectivity index (χ3n) is 2.85. The van der Waals surface area contributed by atoms with Crippen molar-refractivity contribution in [3.05, 3.63) is 59.4 Å². The van der Waals surface area contributed by atoms with Gasteiger partial charge in [-0.2, -0.15) is 0 Å². The van der Waals surface area contributed by atoms with Crippen LogP contribution in [0.3, 0.4) is 0 Å². The monoisotopic (exact) mass is 243 g/mol. The number of aryl methyl sites for hydroxylation is 1. The average Bonchev–Trinajstić information content (AvgIpc) is 2.39. The molecule has 1 unspecified atom stereocenters. The molecule has 3 nitrogen and oxygen atoms in total. The van der Waals surface area contributed by atoms with Crippen LogP contribution in [0.4, 0.5) is 0 Å². The lowest BCUT2D eigenvalue weighted by Gasteiger charge is -2.12. The highest BCUT2D eigenvalue weighted by molar-refractivity contribution is 5.30. The number of hydrogen-bond donors (Lipinski definition) is 1. The molecule has 1 aromatic heterocycles. The number of rotatable bonds is 4. The van der Waals surface area contributed by atoms with Crippen LogP contribution in [-0.2, 0) is 6.42 Å². The molecule has 0 spiro atoms. The first-order chi connectivity index (χ1) is 8.69. The maximum absolute atomic E-state index is 10.2. The largest absolute Gasteiger partial charge is 0.497 e. The van der Waals surface area contributed by atoms with E-state index in [1.54, 1.807) is 13.3 Å². The van der Waals surface area contributed by atoms with Crippen molar-refractivity contribution in [2.24, 2.45) is 0 Å². The molecular weight excluding hydrogens is 226 g/mol. The number of nitrogens with zero attached hydrogens (tertiary/aromatic N) is 1. The fourth-order valence-electron chi connectivity index (χ4n) is 1.88.